The first kappa shape index (κ1) is 20.3. The van der Waals surface area contributed by atoms with Crippen molar-refractivity contribution >= 4 is 34.0 Å². The summed E-state index contributed by atoms with van der Waals surface area (Å²) in [7, 11) is 0. The van der Waals surface area contributed by atoms with Gasteiger partial charge in [0.25, 0.3) is 5.91 Å². The Hall–Kier alpha value is -2.44. The van der Waals surface area contributed by atoms with Gasteiger partial charge in [-0.25, -0.2) is 0 Å². The van der Waals surface area contributed by atoms with Crippen molar-refractivity contribution in [1.82, 2.24) is 10.2 Å². The van der Waals surface area contributed by atoms with E-state index in [-0.39, 0.29) is 5.91 Å². The zero-order valence-electron chi connectivity index (χ0n) is 16.0. The standard InChI is InChI=1S/C21H22ClN3O2S/c1-14(15-7-5-4-6-8-15)13-18-24-25-20(28-18)23-19(26)21(2,3)27-17-11-9-16(22)10-12-17/h4-12,14H,13H2,1-3H3,(H,23,25,26). The maximum atomic E-state index is 12.6. The smallest absolute Gasteiger partial charge is 0.269 e. The summed E-state index contributed by atoms with van der Waals surface area (Å²) in [6.07, 6.45) is 0.766. The molecule has 0 aliphatic heterocycles. The van der Waals surface area contributed by atoms with E-state index in [9.17, 15) is 4.79 Å². The average molecular weight is 416 g/mol. The molecule has 2 aromatic carbocycles. The number of nitrogens with one attached hydrogen (secondary N) is 1. The van der Waals surface area contributed by atoms with Crippen LogP contribution in [-0.2, 0) is 11.2 Å². The Bertz CT molecular complexity index is 926. The van der Waals surface area contributed by atoms with Gasteiger partial charge in [-0.15, -0.1) is 10.2 Å². The number of aromatic nitrogens is 2. The molecule has 0 radical (unpaired) electrons. The van der Waals surface area contributed by atoms with E-state index in [0.29, 0.717) is 21.8 Å². The summed E-state index contributed by atoms with van der Waals surface area (Å²) in [5.41, 5.74) is 0.178. The SMILES string of the molecule is CC(Cc1nnc(NC(=O)C(C)(C)Oc2ccc(Cl)cc2)s1)c1ccccc1. The number of nitrogens with zero attached hydrogens (tertiary/aromatic N) is 2. The minimum absolute atomic E-state index is 0.291. The third kappa shape index (κ3) is 5.30. The fraction of sp³-hybridized carbons (Fsp3) is 0.286. The maximum absolute atomic E-state index is 12.6. The third-order valence-electron chi connectivity index (χ3n) is 4.27. The summed E-state index contributed by atoms with van der Waals surface area (Å²) in [6.45, 7) is 5.56. The molecule has 1 amide bonds. The van der Waals surface area contributed by atoms with Gasteiger partial charge in [-0.3, -0.25) is 10.1 Å². The number of benzene rings is 2. The number of amides is 1. The van der Waals surface area contributed by atoms with Crippen LogP contribution in [0.15, 0.2) is 54.6 Å². The van der Waals surface area contributed by atoms with Gasteiger partial charge in [0, 0.05) is 11.4 Å². The molecule has 0 aliphatic carbocycles. The van der Waals surface area contributed by atoms with Gasteiger partial charge in [0.1, 0.15) is 10.8 Å². The van der Waals surface area contributed by atoms with Crippen molar-refractivity contribution in [2.45, 2.75) is 38.7 Å². The molecule has 7 heteroatoms. The minimum Gasteiger partial charge on any atom is -0.478 e. The number of halogens is 1. The number of anilines is 1. The molecule has 1 unspecified atom stereocenters. The van der Waals surface area contributed by atoms with Gasteiger partial charge >= 0.3 is 0 Å². The van der Waals surface area contributed by atoms with E-state index in [1.807, 2.05) is 18.2 Å². The highest BCUT2D eigenvalue weighted by molar-refractivity contribution is 7.15. The molecule has 5 nitrogen and oxygen atoms in total. The van der Waals surface area contributed by atoms with Crippen molar-refractivity contribution in [2.24, 2.45) is 0 Å². The van der Waals surface area contributed by atoms with Crippen LogP contribution in [0, 0.1) is 0 Å². The Balaban J connectivity index is 1.60. The van der Waals surface area contributed by atoms with Gasteiger partial charge in [-0.2, -0.15) is 0 Å². The van der Waals surface area contributed by atoms with E-state index in [4.69, 9.17) is 16.3 Å². The number of carbonyl (C=O) groups is 1. The summed E-state index contributed by atoms with van der Waals surface area (Å²) in [6, 6.07) is 17.2. The van der Waals surface area contributed by atoms with Gasteiger partial charge in [0.2, 0.25) is 5.13 Å². The fourth-order valence-corrected chi connectivity index (χ4v) is 3.63. The second kappa shape index (κ2) is 8.71. The number of hydrogen-bond acceptors (Lipinski definition) is 5. The van der Waals surface area contributed by atoms with Gasteiger partial charge in [0.05, 0.1) is 0 Å². The predicted octanol–water partition coefficient (Wildman–Crippen LogP) is 5.33. The first-order valence-corrected chi connectivity index (χ1v) is 10.2. The monoisotopic (exact) mass is 415 g/mol. The Morgan fingerprint density at radius 2 is 1.82 bits per heavy atom. The third-order valence-corrected chi connectivity index (χ3v) is 5.38. The summed E-state index contributed by atoms with van der Waals surface area (Å²) >= 11 is 7.26. The first-order valence-electron chi connectivity index (χ1n) is 8.97. The molecule has 3 rings (SSSR count). The molecule has 28 heavy (non-hydrogen) atoms. The average Bonchev–Trinajstić information content (AvgIpc) is 3.11. The van der Waals surface area contributed by atoms with Crippen molar-refractivity contribution in [1.29, 1.82) is 0 Å². The first-order chi connectivity index (χ1) is 13.3. The van der Waals surface area contributed by atoms with Crippen LogP contribution >= 0.6 is 22.9 Å². The topological polar surface area (TPSA) is 64.1 Å². The lowest BCUT2D eigenvalue weighted by molar-refractivity contribution is -0.128. The van der Waals surface area contributed by atoms with Crippen LogP contribution in [-0.4, -0.2) is 21.7 Å². The van der Waals surface area contributed by atoms with Crippen LogP contribution in [0.25, 0.3) is 0 Å². The van der Waals surface area contributed by atoms with Crippen LogP contribution in [0.3, 0.4) is 0 Å². The lowest BCUT2D eigenvalue weighted by atomic mass is 9.98. The Kier molecular flexibility index (Phi) is 6.31. The molecule has 146 valence electrons. The molecule has 0 aliphatic rings. The van der Waals surface area contributed by atoms with Crippen LogP contribution in [0.1, 0.15) is 37.3 Å². The maximum Gasteiger partial charge on any atom is 0.269 e. The summed E-state index contributed by atoms with van der Waals surface area (Å²) in [5, 5.41) is 13.1. The van der Waals surface area contributed by atoms with Crippen LogP contribution in [0.2, 0.25) is 5.02 Å². The number of carbonyl (C=O) groups excluding carboxylic acids is 1. The lowest BCUT2D eigenvalue weighted by Gasteiger charge is -2.24. The quantitative estimate of drug-likeness (QED) is 0.566. The van der Waals surface area contributed by atoms with Gasteiger partial charge in [-0.05, 0) is 49.6 Å². The molecule has 1 aromatic heterocycles. The highest BCUT2D eigenvalue weighted by Crippen LogP contribution is 2.26. The van der Waals surface area contributed by atoms with Crippen LogP contribution in [0.4, 0.5) is 5.13 Å². The number of rotatable bonds is 7. The Morgan fingerprint density at radius 3 is 2.50 bits per heavy atom. The molecule has 0 fully saturated rings. The van der Waals surface area contributed by atoms with Crippen molar-refractivity contribution in [3.05, 3.63) is 70.2 Å². The van der Waals surface area contributed by atoms with Crippen molar-refractivity contribution < 1.29 is 9.53 Å². The van der Waals surface area contributed by atoms with Gasteiger partial charge < -0.3 is 4.74 Å². The molecular weight excluding hydrogens is 394 g/mol. The normalized spacial score (nSPS) is 12.4. The number of hydrogen-bond donors (Lipinski definition) is 1. The van der Waals surface area contributed by atoms with Crippen molar-refractivity contribution in [3.8, 4) is 5.75 Å². The molecule has 0 spiro atoms. The van der Waals surface area contributed by atoms with Gasteiger partial charge in [0.15, 0.2) is 5.60 Å². The van der Waals surface area contributed by atoms with Crippen LogP contribution < -0.4 is 10.1 Å². The lowest BCUT2D eigenvalue weighted by Crippen LogP contribution is -2.42. The molecule has 1 N–H and O–H groups in total. The van der Waals surface area contributed by atoms with E-state index in [1.54, 1.807) is 38.1 Å². The molecule has 0 bridgehead atoms. The van der Waals surface area contributed by atoms with E-state index in [0.717, 1.165) is 11.4 Å². The second-order valence-corrected chi connectivity index (χ2v) is 8.54. The zero-order valence-corrected chi connectivity index (χ0v) is 17.6. The molecule has 1 heterocycles. The zero-order chi connectivity index (χ0) is 20.1. The van der Waals surface area contributed by atoms with E-state index < -0.39 is 5.60 Å². The molecular formula is C21H22ClN3O2S. The largest absolute Gasteiger partial charge is 0.478 e. The highest BCUT2D eigenvalue weighted by Gasteiger charge is 2.31. The molecule has 3 aromatic rings. The van der Waals surface area contributed by atoms with Crippen molar-refractivity contribution in [3.63, 3.8) is 0 Å². The Labute approximate surface area is 173 Å². The summed E-state index contributed by atoms with van der Waals surface area (Å²) in [5.74, 6) is 0.600. The molecule has 1 atom stereocenters. The summed E-state index contributed by atoms with van der Waals surface area (Å²) < 4.78 is 5.81. The van der Waals surface area contributed by atoms with E-state index in [2.05, 4.69) is 34.6 Å². The predicted molar refractivity (Wildman–Crippen MR) is 113 cm³/mol. The minimum atomic E-state index is -1.07. The van der Waals surface area contributed by atoms with E-state index >= 15 is 0 Å². The number of ether oxygens (including phenoxy) is 1. The van der Waals surface area contributed by atoms with Crippen molar-refractivity contribution in [2.75, 3.05) is 5.32 Å². The molecule has 0 saturated carbocycles. The summed E-state index contributed by atoms with van der Waals surface area (Å²) in [4.78, 5) is 12.6. The van der Waals surface area contributed by atoms with Crippen LogP contribution in [0.5, 0.6) is 5.75 Å². The Morgan fingerprint density at radius 1 is 1.14 bits per heavy atom. The second-order valence-electron chi connectivity index (χ2n) is 7.04. The molecule has 0 saturated heterocycles. The fourth-order valence-electron chi connectivity index (χ4n) is 2.64. The highest BCUT2D eigenvalue weighted by atomic mass is 35.5. The van der Waals surface area contributed by atoms with E-state index in [1.165, 1.54) is 16.9 Å². The van der Waals surface area contributed by atoms with Gasteiger partial charge in [-0.1, -0.05) is 60.2 Å².